The maximum Gasteiger partial charge on any atom is 0.264 e. The molecular formula is C20H22ClN3OS. The van der Waals surface area contributed by atoms with Crippen LogP contribution in [0.4, 0.5) is 0 Å². The second-order valence-electron chi connectivity index (χ2n) is 7.16. The number of carbonyl (C=O) groups excluding carboxylic acids is 1. The van der Waals surface area contributed by atoms with Crippen LogP contribution >= 0.6 is 22.9 Å². The highest BCUT2D eigenvalue weighted by Gasteiger charge is 2.24. The maximum absolute atomic E-state index is 12.9. The molecule has 6 heteroatoms. The molecule has 0 aliphatic carbocycles. The Hall–Kier alpha value is -1.85. The molecule has 1 atom stereocenters. The Morgan fingerprint density at radius 1 is 1.38 bits per heavy atom. The van der Waals surface area contributed by atoms with E-state index >= 15 is 0 Å². The van der Waals surface area contributed by atoms with Crippen molar-refractivity contribution in [2.75, 3.05) is 13.1 Å². The van der Waals surface area contributed by atoms with E-state index in [1.54, 1.807) is 0 Å². The first-order chi connectivity index (χ1) is 12.5. The van der Waals surface area contributed by atoms with Gasteiger partial charge in [0, 0.05) is 23.5 Å². The minimum atomic E-state index is 0.154. The lowest BCUT2D eigenvalue weighted by atomic mass is 10.0. The van der Waals surface area contributed by atoms with E-state index in [1.165, 1.54) is 17.8 Å². The van der Waals surface area contributed by atoms with Crippen LogP contribution in [0, 0.1) is 12.8 Å². The van der Waals surface area contributed by atoms with Crippen molar-refractivity contribution in [2.45, 2.75) is 33.2 Å². The fourth-order valence-corrected chi connectivity index (χ4v) is 4.97. The lowest BCUT2D eigenvalue weighted by Gasteiger charge is -2.30. The van der Waals surface area contributed by atoms with E-state index in [4.69, 9.17) is 11.6 Å². The van der Waals surface area contributed by atoms with Gasteiger partial charge in [-0.15, -0.1) is 11.3 Å². The fourth-order valence-electron chi connectivity index (χ4n) is 3.64. The number of aromatic nitrogens is 2. The number of likely N-dealkylation sites (tertiary alicyclic amines) is 1. The molecule has 1 amide bonds. The second-order valence-corrected chi connectivity index (χ2v) is 8.60. The number of hydrogen-bond acceptors (Lipinski definition) is 3. The van der Waals surface area contributed by atoms with Crippen LogP contribution in [0.3, 0.4) is 0 Å². The van der Waals surface area contributed by atoms with Crippen LogP contribution in [0.25, 0.3) is 10.2 Å². The van der Waals surface area contributed by atoms with Crippen LogP contribution in [0.15, 0.2) is 30.3 Å². The molecule has 4 nitrogen and oxygen atoms in total. The summed E-state index contributed by atoms with van der Waals surface area (Å²) in [5, 5.41) is 6.46. The highest BCUT2D eigenvalue weighted by Crippen LogP contribution is 2.31. The summed E-state index contributed by atoms with van der Waals surface area (Å²) in [6.45, 7) is 6.55. The molecule has 3 heterocycles. The SMILES string of the molecule is Cc1nn(Cc2ccccc2Cl)c2sc(C(=O)N3CCCC(C)C3)cc12. The van der Waals surface area contributed by atoms with Gasteiger partial charge in [0.25, 0.3) is 5.91 Å². The highest BCUT2D eigenvalue weighted by molar-refractivity contribution is 7.20. The first-order valence-electron chi connectivity index (χ1n) is 9.02. The summed E-state index contributed by atoms with van der Waals surface area (Å²) in [4.78, 5) is 16.8. The van der Waals surface area contributed by atoms with Crippen LogP contribution in [0.1, 0.15) is 40.7 Å². The molecule has 1 fully saturated rings. The van der Waals surface area contributed by atoms with Gasteiger partial charge in [-0.3, -0.25) is 9.48 Å². The zero-order valence-electron chi connectivity index (χ0n) is 15.0. The molecule has 1 saturated heterocycles. The van der Waals surface area contributed by atoms with E-state index in [0.717, 1.165) is 50.9 Å². The molecule has 0 radical (unpaired) electrons. The minimum absolute atomic E-state index is 0.154. The fraction of sp³-hybridized carbons (Fsp3) is 0.400. The largest absolute Gasteiger partial charge is 0.338 e. The Kier molecular flexibility index (Phi) is 4.76. The van der Waals surface area contributed by atoms with Crippen molar-refractivity contribution in [3.8, 4) is 0 Å². The third-order valence-corrected chi connectivity index (χ3v) is 6.55. The predicted octanol–water partition coefficient (Wildman–Crippen LogP) is 4.98. The van der Waals surface area contributed by atoms with Crippen LogP contribution in [0.5, 0.6) is 0 Å². The Bertz CT molecular complexity index is 961. The molecule has 1 unspecified atom stereocenters. The molecule has 0 spiro atoms. The number of nitrogens with zero attached hydrogens (tertiary/aromatic N) is 3. The molecule has 0 N–H and O–H groups in total. The molecule has 136 valence electrons. The van der Waals surface area contributed by atoms with E-state index in [1.807, 2.05) is 46.8 Å². The first kappa shape index (κ1) is 17.6. The number of thiophene rings is 1. The van der Waals surface area contributed by atoms with Crippen molar-refractivity contribution in [2.24, 2.45) is 5.92 Å². The van der Waals surface area contributed by atoms with Gasteiger partial charge in [-0.25, -0.2) is 0 Å². The summed E-state index contributed by atoms with van der Waals surface area (Å²) in [6.07, 6.45) is 2.30. The standard InChI is InChI=1S/C20H22ClN3OS/c1-13-6-5-9-23(11-13)19(25)18-10-16-14(2)22-24(20(16)26-18)12-15-7-3-4-8-17(15)21/h3-4,7-8,10,13H,5-6,9,11-12H2,1-2H3. The molecular weight excluding hydrogens is 366 g/mol. The summed E-state index contributed by atoms with van der Waals surface area (Å²) in [6, 6.07) is 9.82. The summed E-state index contributed by atoms with van der Waals surface area (Å²) in [5.41, 5.74) is 1.99. The summed E-state index contributed by atoms with van der Waals surface area (Å²) < 4.78 is 1.96. The first-order valence-corrected chi connectivity index (χ1v) is 10.2. The summed E-state index contributed by atoms with van der Waals surface area (Å²) in [7, 11) is 0. The number of piperidine rings is 1. The number of halogens is 1. The zero-order valence-corrected chi connectivity index (χ0v) is 16.6. The molecule has 26 heavy (non-hydrogen) atoms. The number of hydrogen-bond donors (Lipinski definition) is 0. The summed E-state index contributed by atoms with van der Waals surface area (Å²) >= 11 is 7.84. The number of amides is 1. The van der Waals surface area contributed by atoms with Crippen molar-refractivity contribution in [3.63, 3.8) is 0 Å². The Labute approximate surface area is 162 Å². The van der Waals surface area contributed by atoms with Gasteiger partial charge < -0.3 is 4.90 Å². The van der Waals surface area contributed by atoms with Crippen LogP contribution < -0.4 is 0 Å². The van der Waals surface area contributed by atoms with E-state index in [-0.39, 0.29) is 5.91 Å². The number of rotatable bonds is 3. The predicted molar refractivity (Wildman–Crippen MR) is 107 cm³/mol. The molecule has 4 rings (SSSR count). The number of benzene rings is 1. The van der Waals surface area contributed by atoms with Crippen LogP contribution in [-0.4, -0.2) is 33.7 Å². The smallest absolute Gasteiger partial charge is 0.264 e. The van der Waals surface area contributed by atoms with Crippen molar-refractivity contribution in [1.29, 1.82) is 0 Å². The Balaban J connectivity index is 1.65. The van der Waals surface area contributed by atoms with Crippen molar-refractivity contribution in [1.82, 2.24) is 14.7 Å². The molecule has 2 aromatic heterocycles. The topological polar surface area (TPSA) is 38.1 Å². The normalized spacial score (nSPS) is 17.8. The number of aryl methyl sites for hydroxylation is 1. The van der Waals surface area contributed by atoms with Crippen molar-refractivity contribution in [3.05, 3.63) is 51.5 Å². The molecule has 0 bridgehead atoms. The molecule has 3 aromatic rings. The molecule has 1 aliphatic rings. The van der Waals surface area contributed by atoms with Gasteiger partial charge in [0.1, 0.15) is 4.83 Å². The van der Waals surface area contributed by atoms with E-state index in [2.05, 4.69) is 12.0 Å². The molecule has 1 aromatic carbocycles. The molecule has 1 aliphatic heterocycles. The quantitative estimate of drug-likeness (QED) is 0.635. The van der Waals surface area contributed by atoms with Gasteiger partial charge in [0.05, 0.1) is 17.1 Å². The third kappa shape index (κ3) is 3.26. The summed E-state index contributed by atoms with van der Waals surface area (Å²) in [5.74, 6) is 0.737. The van der Waals surface area contributed by atoms with Crippen molar-refractivity contribution < 1.29 is 4.79 Å². The van der Waals surface area contributed by atoms with Gasteiger partial charge in [0.15, 0.2) is 0 Å². The minimum Gasteiger partial charge on any atom is -0.338 e. The Morgan fingerprint density at radius 3 is 2.96 bits per heavy atom. The van der Waals surface area contributed by atoms with E-state index < -0.39 is 0 Å². The van der Waals surface area contributed by atoms with Gasteiger partial charge in [-0.05, 0) is 43.4 Å². The molecule has 0 saturated carbocycles. The second kappa shape index (κ2) is 7.05. The monoisotopic (exact) mass is 387 g/mol. The van der Waals surface area contributed by atoms with E-state index in [9.17, 15) is 4.79 Å². The highest BCUT2D eigenvalue weighted by atomic mass is 35.5. The Morgan fingerprint density at radius 2 is 2.19 bits per heavy atom. The lowest BCUT2D eigenvalue weighted by molar-refractivity contribution is 0.0688. The van der Waals surface area contributed by atoms with Gasteiger partial charge in [-0.2, -0.15) is 5.10 Å². The average molecular weight is 388 g/mol. The number of carbonyl (C=O) groups is 1. The van der Waals surface area contributed by atoms with Gasteiger partial charge >= 0.3 is 0 Å². The van der Waals surface area contributed by atoms with E-state index in [0.29, 0.717) is 12.5 Å². The van der Waals surface area contributed by atoms with Crippen LogP contribution in [-0.2, 0) is 6.54 Å². The van der Waals surface area contributed by atoms with Gasteiger partial charge in [-0.1, -0.05) is 36.7 Å². The zero-order chi connectivity index (χ0) is 18.3. The lowest BCUT2D eigenvalue weighted by Crippen LogP contribution is -2.38. The van der Waals surface area contributed by atoms with Crippen molar-refractivity contribution >= 4 is 39.1 Å². The number of fused-ring (bicyclic) bond motifs is 1. The van der Waals surface area contributed by atoms with Gasteiger partial charge in [0.2, 0.25) is 0 Å². The maximum atomic E-state index is 12.9. The van der Waals surface area contributed by atoms with Crippen LogP contribution in [0.2, 0.25) is 5.02 Å². The average Bonchev–Trinajstić information content (AvgIpc) is 3.18. The third-order valence-electron chi connectivity index (χ3n) is 5.04.